The fraction of sp³-hybridized carbons (Fsp3) is 0.312. The number of imidazole rings is 1. The van der Waals surface area contributed by atoms with Crippen molar-refractivity contribution in [3.8, 4) is 5.75 Å². The van der Waals surface area contributed by atoms with Crippen molar-refractivity contribution in [2.75, 3.05) is 7.11 Å². The van der Waals surface area contributed by atoms with Gasteiger partial charge in [-0.1, -0.05) is 12.1 Å². The molecule has 0 saturated heterocycles. The van der Waals surface area contributed by atoms with Gasteiger partial charge >= 0.3 is 5.97 Å². The zero-order valence-corrected chi connectivity index (χ0v) is 13.2. The zero-order chi connectivity index (χ0) is 17.5. The predicted molar refractivity (Wildman–Crippen MR) is 86.0 cm³/mol. The van der Waals surface area contributed by atoms with Crippen LogP contribution in [0.15, 0.2) is 36.8 Å². The molecule has 0 unspecified atom stereocenters. The summed E-state index contributed by atoms with van der Waals surface area (Å²) in [5.74, 6) is -0.880. The fourth-order valence-electron chi connectivity index (χ4n) is 2.21. The SMILES string of the molecule is COC(=O)[C@@H](Cc1cnc[nH]1)NC(=O)[C@@H](N)Cc1ccc(O)cc1. The number of hydrogen-bond donors (Lipinski definition) is 4. The number of hydrogen-bond acceptors (Lipinski definition) is 6. The molecule has 8 heteroatoms. The number of rotatable bonds is 7. The van der Waals surface area contributed by atoms with E-state index < -0.39 is 24.0 Å². The summed E-state index contributed by atoms with van der Waals surface area (Å²) in [4.78, 5) is 30.8. The van der Waals surface area contributed by atoms with Crippen LogP contribution in [0, 0.1) is 0 Å². The Labute approximate surface area is 139 Å². The van der Waals surface area contributed by atoms with Crippen LogP contribution in [0.25, 0.3) is 0 Å². The third-order valence-corrected chi connectivity index (χ3v) is 3.51. The summed E-state index contributed by atoms with van der Waals surface area (Å²) in [5.41, 5.74) is 7.40. The predicted octanol–water partition coefficient (Wildman–Crippen LogP) is -0.114. The average Bonchev–Trinajstić information content (AvgIpc) is 3.08. The van der Waals surface area contributed by atoms with Crippen molar-refractivity contribution >= 4 is 11.9 Å². The number of aromatic hydroxyl groups is 1. The van der Waals surface area contributed by atoms with Gasteiger partial charge in [0.25, 0.3) is 0 Å². The molecule has 1 amide bonds. The van der Waals surface area contributed by atoms with Crippen molar-refractivity contribution in [3.63, 3.8) is 0 Å². The number of amides is 1. The highest BCUT2D eigenvalue weighted by Gasteiger charge is 2.25. The first-order valence-corrected chi connectivity index (χ1v) is 7.38. The second-order valence-corrected chi connectivity index (χ2v) is 5.34. The van der Waals surface area contributed by atoms with E-state index in [-0.39, 0.29) is 18.6 Å². The van der Waals surface area contributed by atoms with Gasteiger partial charge in [0.2, 0.25) is 5.91 Å². The molecule has 0 spiro atoms. The van der Waals surface area contributed by atoms with Crippen LogP contribution in [-0.4, -0.2) is 46.1 Å². The summed E-state index contributed by atoms with van der Waals surface area (Å²) in [6, 6.07) is 4.73. The van der Waals surface area contributed by atoms with Crippen LogP contribution in [0.1, 0.15) is 11.3 Å². The summed E-state index contributed by atoms with van der Waals surface area (Å²) in [7, 11) is 1.25. The third kappa shape index (κ3) is 4.82. The van der Waals surface area contributed by atoms with Gasteiger partial charge in [-0.05, 0) is 24.1 Å². The number of methoxy groups -OCH3 is 1. The molecule has 1 aromatic heterocycles. The highest BCUT2D eigenvalue weighted by Crippen LogP contribution is 2.11. The molecule has 0 saturated carbocycles. The van der Waals surface area contributed by atoms with Crippen molar-refractivity contribution in [2.24, 2.45) is 5.73 Å². The number of carbonyl (C=O) groups is 2. The smallest absolute Gasteiger partial charge is 0.328 e. The molecule has 0 aliphatic rings. The Kier molecular flexibility index (Phi) is 5.91. The molecule has 5 N–H and O–H groups in total. The maximum atomic E-state index is 12.3. The third-order valence-electron chi connectivity index (χ3n) is 3.51. The van der Waals surface area contributed by atoms with Gasteiger partial charge in [-0.3, -0.25) is 4.79 Å². The van der Waals surface area contributed by atoms with Crippen molar-refractivity contribution in [2.45, 2.75) is 24.9 Å². The number of aromatic amines is 1. The molecule has 2 aromatic rings. The number of aromatic nitrogens is 2. The van der Waals surface area contributed by atoms with E-state index in [1.165, 1.54) is 25.6 Å². The van der Waals surface area contributed by atoms with Crippen molar-refractivity contribution in [1.82, 2.24) is 15.3 Å². The highest BCUT2D eigenvalue weighted by molar-refractivity contribution is 5.87. The molecule has 0 aliphatic heterocycles. The van der Waals surface area contributed by atoms with E-state index in [0.717, 1.165) is 5.56 Å². The molecule has 0 bridgehead atoms. The number of nitrogens with zero attached hydrogens (tertiary/aromatic N) is 1. The summed E-state index contributed by atoms with van der Waals surface area (Å²) in [6.07, 6.45) is 3.56. The van der Waals surface area contributed by atoms with Gasteiger partial charge in [0, 0.05) is 18.3 Å². The molecular weight excluding hydrogens is 312 g/mol. The maximum Gasteiger partial charge on any atom is 0.328 e. The molecule has 1 aromatic carbocycles. The number of esters is 1. The number of phenols is 1. The topological polar surface area (TPSA) is 130 Å². The first-order chi connectivity index (χ1) is 11.5. The Morgan fingerprint density at radius 1 is 1.33 bits per heavy atom. The molecule has 1 heterocycles. The Hall–Kier alpha value is -2.87. The summed E-state index contributed by atoms with van der Waals surface area (Å²) >= 11 is 0. The molecule has 2 rings (SSSR count). The minimum atomic E-state index is -0.853. The van der Waals surface area contributed by atoms with Gasteiger partial charge < -0.3 is 25.9 Å². The first-order valence-electron chi connectivity index (χ1n) is 7.38. The molecule has 0 fully saturated rings. The van der Waals surface area contributed by atoms with Gasteiger partial charge in [-0.2, -0.15) is 0 Å². The van der Waals surface area contributed by atoms with Crippen LogP contribution in [0.2, 0.25) is 0 Å². The number of H-pyrrole nitrogens is 1. The molecule has 0 radical (unpaired) electrons. The number of ether oxygens (including phenoxy) is 1. The van der Waals surface area contributed by atoms with Gasteiger partial charge in [0.1, 0.15) is 11.8 Å². The normalized spacial score (nSPS) is 13.1. The second kappa shape index (κ2) is 8.11. The van der Waals surface area contributed by atoms with Gasteiger partial charge in [0.05, 0.1) is 19.5 Å². The van der Waals surface area contributed by atoms with E-state index in [4.69, 9.17) is 10.5 Å². The van der Waals surface area contributed by atoms with Gasteiger partial charge in [-0.25, -0.2) is 9.78 Å². The van der Waals surface area contributed by atoms with Crippen molar-refractivity contribution in [1.29, 1.82) is 0 Å². The van der Waals surface area contributed by atoms with E-state index in [9.17, 15) is 14.7 Å². The number of nitrogens with one attached hydrogen (secondary N) is 2. The van der Waals surface area contributed by atoms with Crippen LogP contribution in [0.4, 0.5) is 0 Å². The van der Waals surface area contributed by atoms with E-state index >= 15 is 0 Å². The second-order valence-electron chi connectivity index (χ2n) is 5.34. The van der Waals surface area contributed by atoms with Gasteiger partial charge in [0.15, 0.2) is 0 Å². The standard InChI is InChI=1S/C16H20N4O4/c1-24-16(23)14(7-11-8-18-9-19-11)20-15(22)13(17)6-10-2-4-12(21)5-3-10/h2-5,8-9,13-14,21H,6-7,17H2,1H3,(H,18,19)(H,20,22)/t13-,14+/m0/s1. The lowest BCUT2D eigenvalue weighted by Crippen LogP contribution is -2.50. The largest absolute Gasteiger partial charge is 0.508 e. The van der Waals surface area contributed by atoms with Crippen LogP contribution in [-0.2, 0) is 27.2 Å². The number of phenolic OH excluding ortho intramolecular Hbond substituents is 1. The molecule has 2 atom stereocenters. The quantitative estimate of drug-likeness (QED) is 0.523. The van der Waals surface area contributed by atoms with E-state index in [1.54, 1.807) is 18.3 Å². The molecular formula is C16H20N4O4. The fourth-order valence-corrected chi connectivity index (χ4v) is 2.21. The lowest BCUT2D eigenvalue weighted by Gasteiger charge is -2.19. The lowest BCUT2D eigenvalue weighted by atomic mass is 10.0. The van der Waals surface area contributed by atoms with E-state index in [2.05, 4.69) is 15.3 Å². The summed E-state index contributed by atoms with van der Waals surface area (Å²) < 4.78 is 4.72. The number of carbonyl (C=O) groups excluding carboxylic acids is 2. The lowest BCUT2D eigenvalue weighted by molar-refractivity contribution is -0.145. The van der Waals surface area contributed by atoms with Crippen LogP contribution < -0.4 is 11.1 Å². The minimum Gasteiger partial charge on any atom is -0.508 e. The van der Waals surface area contributed by atoms with Crippen molar-refractivity contribution < 1.29 is 19.4 Å². The number of nitrogens with two attached hydrogens (primary N) is 1. The molecule has 24 heavy (non-hydrogen) atoms. The summed E-state index contributed by atoms with van der Waals surface area (Å²) in [5, 5.41) is 11.9. The molecule has 8 nitrogen and oxygen atoms in total. The Morgan fingerprint density at radius 2 is 2.04 bits per heavy atom. The molecule has 0 aliphatic carbocycles. The maximum absolute atomic E-state index is 12.3. The van der Waals surface area contributed by atoms with Crippen LogP contribution in [0.3, 0.4) is 0 Å². The number of benzene rings is 1. The van der Waals surface area contributed by atoms with Crippen LogP contribution >= 0.6 is 0 Å². The Balaban J connectivity index is 1.97. The Bertz CT molecular complexity index is 670. The summed E-state index contributed by atoms with van der Waals surface area (Å²) in [6.45, 7) is 0. The van der Waals surface area contributed by atoms with Crippen LogP contribution in [0.5, 0.6) is 5.75 Å². The first kappa shape index (κ1) is 17.5. The van der Waals surface area contributed by atoms with Crippen molar-refractivity contribution in [3.05, 3.63) is 48.0 Å². The minimum absolute atomic E-state index is 0.141. The van der Waals surface area contributed by atoms with E-state index in [0.29, 0.717) is 5.69 Å². The highest BCUT2D eigenvalue weighted by atomic mass is 16.5. The average molecular weight is 332 g/mol. The van der Waals surface area contributed by atoms with Gasteiger partial charge in [-0.15, -0.1) is 0 Å². The van der Waals surface area contributed by atoms with E-state index in [1.807, 2.05) is 0 Å². The zero-order valence-electron chi connectivity index (χ0n) is 13.2. The monoisotopic (exact) mass is 332 g/mol. The molecule has 128 valence electrons. The Morgan fingerprint density at radius 3 is 2.62 bits per heavy atom.